The summed E-state index contributed by atoms with van der Waals surface area (Å²) >= 11 is 0. The van der Waals surface area contributed by atoms with E-state index in [1.54, 1.807) is 0 Å². The number of nitrogens with zero attached hydrogens (tertiary/aromatic N) is 2. The summed E-state index contributed by atoms with van der Waals surface area (Å²) < 4.78 is 12.8. The fraction of sp³-hybridized carbons (Fsp3) is 0.368. The number of benzene rings is 1. The smallest absolute Gasteiger partial charge is 0.268 e. The molecule has 1 aromatic carbocycles. The molecule has 0 bridgehead atoms. The van der Waals surface area contributed by atoms with Crippen LogP contribution in [0.15, 0.2) is 40.9 Å². The normalized spacial score (nSPS) is 20.2. The van der Waals surface area contributed by atoms with Gasteiger partial charge in [-0.1, -0.05) is 23.4 Å². The SMILES string of the molecule is Cc1cc(C[C@@H]2COC[C@@H]2NC(=O)c2cc3ccccc3n2C)on1. The molecule has 0 saturated carbocycles. The zero-order valence-electron chi connectivity index (χ0n) is 14.4. The molecule has 0 aliphatic carbocycles. The largest absolute Gasteiger partial charge is 0.379 e. The lowest BCUT2D eigenvalue weighted by Gasteiger charge is -2.18. The first-order chi connectivity index (χ1) is 12.1. The van der Waals surface area contributed by atoms with Crippen LogP contribution in [0.2, 0.25) is 0 Å². The molecular weight excluding hydrogens is 318 g/mol. The highest BCUT2D eigenvalue weighted by atomic mass is 16.5. The maximum absolute atomic E-state index is 12.8. The number of ether oxygens (including phenoxy) is 1. The van der Waals surface area contributed by atoms with Gasteiger partial charge < -0.3 is 19.1 Å². The molecule has 3 heterocycles. The van der Waals surface area contributed by atoms with Crippen molar-refractivity contribution in [2.75, 3.05) is 13.2 Å². The van der Waals surface area contributed by atoms with Crippen molar-refractivity contribution < 1.29 is 14.1 Å². The lowest BCUT2D eigenvalue weighted by Crippen LogP contribution is -2.41. The van der Waals surface area contributed by atoms with E-state index in [1.807, 2.05) is 54.9 Å². The van der Waals surface area contributed by atoms with Gasteiger partial charge in [-0.05, 0) is 19.1 Å². The van der Waals surface area contributed by atoms with Gasteiger partial charge in [0, 0.05) is 36.4 Å². The second kappa shape index (κ2) is 6.37. The standard InChI is InChI=1S/C19H21N3O3/c1-12-7-15(25-21-12)8-14-10-24-11-16(14)20-19(23)18-9-13-5-3-4-6-17(13)22(18)2/h3-7,9,14,16H,8,10-11H2,1-2H3,(H,20,23)/t14-,16+/m1/s1. The summed E-state index contributed by atoms with van der Waals surface area (Å²) in [4.78, 5) is 12.8. The minimum atomic E-state index is -0.0760. The van der Waals surface area contributed by atoms with Crippen LogP contribution in [0.5, 0.6) is 0 Å². The van der Waals surface area contributed by atoms with Crippen LogP contribution in [0.3, 0.4) is 0 Å². The third-order valence-corrected chi connectivity index (χ3v) is 4.84. The Morgan fingerprint density at radius 3 is 2.92 bits per heavy atom. The number of carbonyl (C=O) groups is 1. The summed E-state index contributed by atoms with van der Waals surface area (Å²) in [6, 6.07) is 11.8. The van der Waals surface area contributed by atoms with Crippen LogP contribution in [-0.2, 0) is 18.2 Å². The van der Waals surface area contributed by atoms with Crippen molar-refractivity contribution in [3.05, 3.63) is 53.5 Å². The number of para-hydroxylation sites is 1. The Morgan fingerprint density at radius 2 is 2.16 bits per heavy atom. The number of fused-ring (bicyclic) bond motifs is 1. The molecule has 25 heavy (non-hydrogen) atoms. The van der Waals surface area contributed by atoms with Crippen molar-refractivity contribution in [3.8, 4) is 0 Å². The molecule has 1 amide bonds. The van der Waals surface area contributed by atoms with E-state index in [1.165, 1.54) is 0 Å². The Hall–Kier alpha value is -2.60. The fourth-order valence-electron chi connectivity index (χ4n) is 3.48. The van der Waals surface area contributed by atoms with Gasteiger partial charge in [0.2, 0.25) is 0 Å². The highest BCUT2D eigenvalue weighted by Crippen LogP contribution is 2.22. The molecule has 1 fully saturated rings. The lowest BCUT2D eigenvalue weighted by molar-refractivity contribution is 0.0916. The topological polar surface area (TPSA) is 69.3 Å². The first-order valence-corrected chi connectivity index (χ1v) is 8.47. The molecule has 130 valence electrons. The van der Waals surface area contributed by atoms with E-state index in [0.29, 0.717) is 25.3 Å². The summed E-state index contributed by atoms with van der Waals surface area (Å²) in [5.74, 6) is 0.941. The first-order valence-electron chi connectivity index (χ1n) is 8.47. The van der Waals surface area contributed by atoms with Crippen molar-refractivity contribution in [1.82, 2.24) is 15.0 Å². The Bertz CT molecular complexity index is 912. The summed E-state index contributed by atoms with van der Waals surface area (Å²) in [5.41, 5.74) is 2.57. The van der Waals surface area contributed by atoms with E-state index < -0.39 is 0 Å². The van der Waals surface area contributed by atoms with Gasteiger partial charge in [-0.25, -0.2) is 0 Å². The quantitative estimate of drug-likeness (QED) is 0.793. The fourth-order valence-corrected chi connectivity index (χ4v) is 3.48. The van der Waals surface area contributed by atoms with Crippen molar-refractivity contribution in [1.29, 1.82) is 0 Å². The Morgan fingerprint density at radius 1 is 1.32 bits per heavy atom. The van der Waals surface area contributed by atoms with Gasteiger partial charge in [0.25, 0.3) is 5.91 Å². The molecule has 0 unspecified atom stereocenters. The summed E-state index contributed by atoms with van der Waals surface area (Å²) in [6.45, 7) is 3.03. The number of hydrogen-bond donors (Lipinski definition) is 1. The van der Waals surface area contributed by atoms with E-state index in [0.717, 1.165) is 22.4 Å². The number of nitrogens with one attached hydrogen (secondary N) is 1. The van der Waals surface area contributed by atoms with Crippen molar-refractivity contribution in [2.24, 2.45) is 13.0 Å². The summed E-state index contributed by atoms with van der Waals surface area (Å²) in [6.07, 6.45) is 0.709. The molecular formula is C19H21N3O3. The molecule has 0 radical (unpaired) electrons. The monoisotopic (exact) mass is 339 g/mol. The van der Waals surface area contributed by atoms with Crippen LogP contribution in [0.25, 0.3) is 10.9 Å². The van der Waals surface area contributed by atoms with E-state index >= 15 is 0 Å². The molecule has 2 atom stereocenters. The van der Waals surface area contributed by atoms with Crippen molar-refractivity contribution in [3.63, 3.8) is 0 Å². The van der Waals surface area contributed by atoms with E-state index in [4.69, 9.17) is 9.26 Å². The van der Waals surface area contributed by atoms with Crippen LogP contribution >= 0.6 is 0 Å². The maximum Gasteiger partial charge on any atom is 0.268 e. The van der Waals surface area contributed by atoms with Gasteiger partial charge in [-0.2, -0.15) is 0 Å². The van der Waals surface area contributed by atoms with Gasteiger partial charge in [0.05, 0.1) is 24.9 Å². The van der Waals surface area contributed by atoms with Gasteiger partial charge in [0.15, 0.2) is 0 Å². The van der Waals surface area contributed by atoms with E-state index in [2.05, 4.69) is 10.5 Å². The number of aryl methyl sites for hydroxylation is 2. The van der Waals surface area contributed by atoms with Crippen LogP contribution in [0.4, 0.5) is 0 Å². The number of rotatable bonds is 4. The van der Waals surface area contributed by atoms with E-state index in [-0.39, 0.29) is 17.9 Å². The third-order valence-electron chi connectivity index (χ3n) is 4.84. The zero-order valence-corrected chi connectivity index (χ0v) is 14.4. The van der Waals surface area contributed by atoms with Crippen LogP contribution < -0.4 is 5.32 Å². The molecule has 4 rings (SSSR count). The zero-order chi connectivity index (χ0) is 17.4. The molecule has 6 nitrogen and oxygen atoms in total. The molecule has 1 saturated heterocycles. The number of hydrogen-bond acceptors (Lipinski definition) is 4. The highest BCUT2D eigenvalue weighted by Gasteiger charge is 2.31. The average molecular weight is 339 g/mol. The molecule has 1 aliphatic rings. The van der Waals surface area contributed by atoms with Crippen molar-refractivity contribution >= 4 is 16.8 Å². The summed E-state index contributed by atoms with van der Waals surface area (Å²) in [7, 11) is 1.91. The van der Waals surface area contributed by atoms with Crippen molar-refractivity contribution in [2.45, 2.75) is 19.4 Å². The maximum atomic E-state index is 12.8. The van der Waals surface area contributed by atoms with Gasteiger partial charge in [-0.15, -0.1) is 0 Å². The Kier molecular flexibility index (Phi) is 4.05. The highest BCUT2D eigenvalue weighted by molar-refractivity contribution is 5.98. The predicted octanol–water partition coefficient (Wildman–Crippen LogP) is 2.46. The van der Waals surface area contributed by atoms with Gasteiger partial charge >= 0.3 is 0 Å². The lowest BCUT2D eigenvalue weighted by atomic mass is 9.98. The van der Waals surface area contributed by atoms with Crippen LogP contribution in [-0.4, -0.2) is 34.9 Å². The minimum Gasteiger partial charge on any atom is -0.379 e. The minimum absolute atomic E-state index is 0.0316. The van der Waals surface area contributed by atoms with Crippen LogP contribution in [0, 0.1) is 12.8 Å². The second-order valence-corrected chi connectivity index (χ2v) is 6.66. The second-order valence-electron chi connectivity index (χ2n) is 6.66. The van der Waals surface area contributed by atoms with Crippen LogP contribution in [0.1, 0.15) is 21.9 Å². The molecule has 3 aromatic rings. The molecule has 2 aromatic heterocycles. The number of carbonyl (C=O) groups excluding carboxylic acids is 1. The average Bonchev–Trinajstić information content (AvgIpc) is 3.29. The Labute approximate surface area is 145 Å². The Balaban J connectivity index is 1.50. The molecule has 1 aliphatic heterocycles. The first kappa shape index (κ1) is 15.9. The molecule has 0 spiro atoms. The summed E-state index contributed by atoms with van der Waals surface area (Å²) in [5, 5.41) is 8.11. The van der Waals surface area contributed by atoms with Gasteiger partial charge in [0.1, 0.15) is 11.5 Å². The predicted molar refractivity (Wildman–Crippen MR) is 93.4 cm³/mol. The number of amides is 1. The van der Waals surface area contributed by atoms with E-state index in [9.17, 15) is 4.79 Å². The molecule has 1 N–H and O–H groups in total. The molecule has 6 heteroatoms. The number of aromatic nitrogens is 2. The van der Waals surface area contributed by atoms with Gasteiger partial charge in [-0.3, -0.25) is 4.79 Å². The third kappa shape index (κ3) is 3.05.